The highest BCUT2D eigenvalue weighted by atomic mass is 16.6. The van der Waals surface area contributed by atoms with Crippen LogP contribution in [0.5, 0.6) is 17.2 Å². The van der Waals surface area contributed by atoms with Gasteiger partial charge >= 0.3 is 5.97 Å². The topological polar surface area (TPSA) is 112 Å². The summed E-state index contributed by atoms with van der Waals surface area (Å²) >= 11 is 0. The van der Waals surface area contributed by atoms with Gasteiger partial charge in [0.2, 0.25) is 11.8 Å². The summed E-state index contributed by atoms with van der Waals surface area (Å²) in [4.78, 5) is 37.3. The Morgan fingerprint density at radius 2 is 1.76 bits per heavy atom. The van der Waals surface area contributed by atoms with Gasteiger partial charge in [0.25, 0.3) is 0 Å². The molecule has 9 nitrogen and oxygen atoms in total. The zero-order valence-electron chi connectivity index (χ0n) is 18.7. The van der Waals surface area contributed by atoms with Gasteiger partial charge in [-0.25, -0.2) is 4.79 Å². The van der Waals surface area contributed by atoms with Crippen molar-refractivity contribution in [1.82, 2.24) is 0 Å². The number of benzene rings is 2. The van der Waals surface area contributed by atoms with Crippen molar-refractivity contribution in [3.8, 4) is 17.2 Å². The normalized spacial score (nSPS) is 16.8. The Bertz CT molecular complexity index is 1090. The maximum Gasteiger partial charge on any atom is 0.343 e. The molecule has 1 aliphatic carbocycles. The quantitative estimate of drug-likeness (QED) is 0.585. The molecule has 1 atom stereocenters. The lowest BCUT2D eigenvalue weighted by Gasteiger charge is -2.24. The highest BCUT2D eigenvalue weighted by molar-refractivity contribution is 6.00. The lowest BCUT2D eigenvalue weighted by Crippen LogP contribution is -2.28. The standard InChI is InChI=1S/C24H26N2O7/c1-30-17-10-8-15-18(33-24(29)21(15)22(17)32-3)12-20(27)25-14-7-9-16(19(11-14)31-2)26-23(28)13-5-4-6-13/h7-11,13,18H,4-6,12H2,1-3H3,(H,25,27)(H,26,28)/t18-/m1/s1. The number of methoxy groups -OCH3 is 3. The van der Waals surface area contributed by atoms with Crippen LogP contribution in [0.15, 0.2) is 30.3 Å². The largest absolute Gasteiger partial charge is 0.494 e. The zero-order chi connectivity index (χ0) is 23.5. The summed E-state index contributed by atoms with van der Waals surface area (Å²) in [5.74, 6) is 0.252. The third-order valence-electron chi connectivity index (χ3n) is 5.97. The zero-order valence-corrected chi connectivity index (χ0v) is 18.7. The van der Waals surface area contributed by atoms with E-state index < -0.39 is 12.1 Å². The van der Waals surface area contributed by atoms with Crippen molar-refractivity contribution in [2.75, 3.05) is 32.0 Å². The second kappa shape index (κ2) is 9.40. The molecule has 0 bridgehead atoms. The molecular formula is C24H26N2O7. The van der Waals surface area contributed by atoms with Gasteiger partial charge in [0.05, 0.1) is 33.4 Å². The van der Waals surface area contributed by atoms with E-state index in [0.29, 0.717) is 28.4 Å². The predicted molar refractivity (Wildman–Crippen MR) is 120 cm³/mol. The number of anilines is 2. The Kier molecular flexibility index (Phi) is 6.39. The van der Waals surface area contributed by atoms with E-state index >= 15 is 0 Å². The Labute approximate surface area is 191 Å². The van der Waals surface area contributed by atoms with E-state index in [9.17, 15) is 14.4 Å². The van der Waals surface area contributed by atoms with Crippen molar-refractivity contribution in [3.63, 3.8) is 0 Å². The molecule has 2 aromatic rings. The minimum Gasteiger partial charge on any atom is -0.494 e. The Morgan fingerprint density at radius 3 is 2.39 bits per heavy atom. The van der Waals surface area contributed by atoms with E-state index in [1.165, 1.54) is 21.3 Å². The number of rotatable bonds is 8. The first-order valence-electron chi connectivity index (χ1n) is 10.7. The second-order valence-corrected chi connectivity index (χ2v) is 7.94. The monoisotopic (exact) mass is 454 g/mol. The summed E-state index contributed by atoms with van der Waals surface area (Å²) in [6.45, 7) is 0. The van der Waals surface area contributed by atoms with E-state index in [4.69, 9.17) is 18.9 Å². The van der Waals surface area contributed by atoms with Crippen LogP contribution in [0, 0.1) is 5.92 Å². The first-order valence-corrected chi connectivity index (χ1v) is 10.7. The number of nitrogens with one attached hydrogen (secondary N) is 2. The maximum atomic E-state index is 12.7. The van der Waals surface area contributed by atoms with Gasteiger partial charge in [0.15, 0.2) is 11.5 Å². The molecule has 2 N–H and O–H groups in total. The van der Waals surface area contributed by atoms with E-state index in [1.54, 1.807) is 30.3 Å². The van der Waals surface area contributed by atoms with Crippen LogP contribution in [0.25, 0.3) is 0 Å². The summed E-state index contributed by atoms with van der Waals surface area (Å²) in [6.07, 6.45) is 2.05. The van der Waals surface area contributed by atoms with Gasteiger partial charge in [-0.15, -0.1) is 0 Å². The minimum absolute atomic E-state index is 0.0230. The van der Waals surface area contributed by atoms with Gasteiger partial charge in [-0.1, -0.05) is 12.5 Å². The van der Waals surface area contributed by atoms with Crippen molar-refractivity contribution >= 4 is 29.2 Å². The smallest absolute Gasteiger partial charge is 0.343 e. The number of cyclic esters (lactones) is 1. The Balaban J connectivity index is 1.44. The molecule has 4 rings (SSSR count). The first-order chi connectivity index (χ1) is 15.9. The van der Waals surface area contributed by atoms with E-state index in [-0.39, 0.29) is 35.5 Å². The van der Waals surface area contributed by atoms with Gasteiger partial charge in [-0.05, 0) is 31.0 Å². The second-order valence-electron chi connectivity index (χ2n) is 7.94. The molecule has 2 aliphatic rings. The van der Waals surface area contributed by atoms with Crippen molar-refractivity contribution in [2.24, 2.45) is 5.92 Å². The van der Waals surface area contributed by atoms with Crippen LogP contribution in [-0.4, -0.2) is 39.1 Å². The highest BCUT2D eigenvalue weighted by Gasteiger charge is 2.37. The van der Waals surface area contributed by atoms with Crippen LogP contribution in [-0.2, 0) is 14.3 Å². The highest BCUT2D eigenvalue weighted by Crippen LogP contribution is 2.43. The van der Waals surface area contributed by atoms with Gasteiger partial charge in [0.1, 0.15) is 17.4 Å². The summed E-state index contributed by atoms with van der Waals surface area (Å²) in [7, 11) is 4.42. The molecule has 33 heavy (non-hydrogen) atoms. The van der Waals surface area contributed by atoms with Gasteiger partial charge in [0, 0.05) is 23.2 Å². The predicted octanol–water partition coefficient (Wildman–Crippen LogP) is 3.69. The number of fused-ring (bicyclic) bond motifs is 1. The van der Waals surface area contributed by atoms with Crippen molar-refractivity contribution in [1.29, 1.82) is 0 Å². The van der Waals surface area contributed by atoms with Crippen LogP contribution in [0.3, 0.4) is 0 Å². The number of hydrogen-bond donors (Lipinski definition) is 2. The van der Waals surface area contributed by atoms with Crippen molar-refractivity contribution < 1.29 is 33.3 Å². The SMILES string of the molecule is COc1cc(NC(=O)C[C@H]2OC(=O)c3c2ccc(OC)c3OC)ccc1NC(=O)C1CCC1. The molecule has 0 unspecified atom stereocenters. The van der Waals surface area contributed by atoms with E-state index in [0.717, 1.165) is 19.3 Å². The average molecular weight is 454 g/mol. The molecular weight excluding hydrogens is 428 g/mol. The number of hydrogen-bond acceptors (Lipinski definition) is 7. The van der Waals surface area contributed by atoms with Crippen LogP contribution in [0.4, 0.5) is 11.4 Å². The summed E-state index contributed by atoms with van der Waals surface area (Å²) < 4.78 is 21.4. The van der Waals surface area contributed by atoms with Gasteiger partial charge < -0.3 is 29.6 Å². The molecule has 1 fully saturated rings. The fourth-order valence-electron chi connectivity index (χ4n) is 3.98. The fourth-order valence-corrected chi connectivity index (χ4v) is 3.98. The van der Waals surface area contributed by atoms with Crippen molar-refractivity contribution in [3.05, 3.63) is 41.5 Å². The number of carbonyl (C=O) groups is 3. The fraction of sp³-hybridized carbons (Fsp3) is 0.375. The molecule has 0 radical (unpaired) electrons. The molecule has 0 spiro atoms. The van der Waals surface area contributed by atoms with Crippen LogP contribution in [0.2, 0.25) is 0 Å². The molecule has 2 aromatic carbocycles. The minimum atomic E-state index is -0.741. The number of amides is 2. The Hall–Kier alpha value is -3.75. The summed E-state index contributed by atoms with van der Waals surface area (Å²) in [5.41, 5.74) is 1.88. The Morgan fingerprint density at radius 1 is 1.00 bits per heavy atom. The summed E-state index contributed by atoms with van der Waals surface area (Å²) in [5, 5.41) is 5.67. The lowest BCUT2D eigenvalue weighted by molar-refractivity contribution is -0.122. The molecule has 1 aliphatic heterocycles. The molecule has 9 heteroatoms. The summed E-state index contributed by atoms with van der Waals surface area (Å²) in [6, 6.07) is 8.37. The molecule has 1 saturated carbocycles. The number of esters is 1. The third kappa shape index (κ3) is 4.44. The third-order valence-corrected chi connectivity index (χ3v) is 5.97. The lowest BCUT2D eigenvalue weighted by atomic mass is 9.85. The van der Waals surface area contributed by atoms with E-state index in [2.05, 4.69) is 10.6 Å². The van der Waals surface area contributed by atoms with E-state index in [1.807, 2.05) is 0 Å². The maximum absolute atomic E-state index is 12.7. The molecule has 0 aromatic heterocycles. The van der Waals surface area contributed by atoms with Crippen LogP contribution >= 0.6 is 0 Å². The van der Waals surface area contributed by atoms with Gasteiger partial charge in [-0.2, -0.15) is 0 Å². The van der Waals surface area contributed by atoms with Crippen molar-refractivity contribution in [2.45, 2.75) is 31.8 Å². The molecule has 174 valence electrons. The first kappa shape index (κ1) is 22.4. The molecule has 2 amide bonds. The molecule has 1 heterocycles. The number of carbonyl (C=O) groups excluding carboxylic acids is 3. The average Bonchev–Trinajstić information content (AvgIpc) is 3.07. The number of ether oxygens (including phenoxy) is 4. The van der Waals surface area contributed by atoms with Gasteiger partial charge in [-0.3, -0.25) is 9.59 Å². The van der Waals surface area contributed by atoms with Crippen LogP contribution < -0.4 is 24.8 Å². The van der Waals surface area contributed by atoms with Crippen LogP contribution in [0.1, 0.15) is 47.7 Å². The molecule has 0 saturated heterocycles.